The van der Waals surface area contributed by atoms with Gasteiger partial charge in [-0.25, -0.2) is 4.98 Å². The molecule has 0 saturated heterocycles. The predicted octanol–water partition coefficient (Wildman–Crippen LogP) is 2.26. The van der Waals surface area contributed by atoms with E-state index >= 15 is 0 Å². The molecule has 2 heterocycles. The Morgan fingerprint density at radius 1 is 1.44 bits per heavy atom. The van der Waals surface area contributed by atoms with Gasteiger partial charge in [0, 0.05) is 36.9 Å². The van der Waals surface area contributed by atoms with Gasteiger partial charge in [-0.1, -0.05) is 0 Å². The van der Waals surface area contributed by atoms with Crippen molar-refractivity contribution in [3.63, 3.8) is 0 Å². The molecule has 94 valence electrons. The lowest BCUT2D eigenvalue weighted by Crippen LogP contribution is -2.13. The Bertz CT molecular complexity index is 589. The maximum absolute atomic E-state index is 8.96. The van der Waals surface area contributed by atoms with E-state index in [2.05, 4.69) is 21.8 Å². The van der Waals surface area contributed by atoms with E-state index in [0.717, 1.165) is 29.5 Å². The first-order valence-electron chi connectivity index (χ1n) is 5.79. The van der Waals surface area contributed by atoms with Crippen molar-refractivity contribution in [3.8, 4) is 6.07 Å². The molecule has 2 aromatic heterocycles. The first-order chi connectivity index (χ1) is 8.61. The Morgan fingerprint density at radius 2 is 2.22 bits per heavy atom. The second kappa shape index (κ2) is 5.34. The third-order valence-electron chi connectivity index (χ3n) is 3.01. The van der Waals surface area contributed by atoms with Crippen molar-refractivity contribution in [1.29, 1.82) is 5.26 Å². The largest absolute Gasteiger partial charge is 0.340 e. The van der Waals surface area contributed by atoms with Crippen LogP contribution in [-0.4, -0.2) is 9.55 Å². The Labute approximate surface area is 111 Å². The summed E-state index contributed by atoms with van der Waals surface area (Å²) in [6.07, 6.45) is 0. The average molecular weight is 260 g/mol. The first-order valence-corrected chi connectivity index (χ1v) is 6.66. The molecule has 18 heavy (non-hydrogen) atoms. The molecule has 4 nitrogen and oxygen atoms in total. The number of nitrogens with one attached hydrogen (secondary N) is 1. The van der Waals surface area contributed by atoms with Gasteiger partial charge in [-0.3, -0.25) is 0 Å². The zero-order valence-electron chi connectivity index (χ0n) is 10.8. The number of nitrogens with zero attached hydrogens (tertiary/aromatic N) is 3. The molecule has 0 amide bonds. The highest BCUT2D eigenvalue weighted by Gasteiger charge is 2.08. The fourth-order valence-electron chi connectivity index (χ4n) is 1.84. The number of nitriles is 1. The van der Waals surface area contributed by atoms with Crippen LogP contribution >= 0.6 is 11.3 Å². The summed E-state index contributed by atoms with van der Waals surface area (Å²) in [7, 11) is 1.92. The van der Waals surface area contributed by atoms with Crippen LogP contribution in [0.4, 0.5) is 0 Å². The first kappa shape index (κ1) is 12.8. The van der Waals surface area contributed by atoms with Crippen LogP contribution in [0.25, 0.3) is 0 Å². The molecule has 1 N–H and O–H groups in total. The molecule has 0 fully saturated rings. The summed E-state index contributed by atoms with van der Waals surface area (Å²) in [5.74, 6) is 0. The highest BCUT2D eigenvalue weighted by atomic mass is 32.1. The van der Waals surface area contributed by atoms with Gasteiger partial charge in [0.15, 0.2) is 0 Å². The number of thiazole rings is 1. The molecular weight excluding hydrogens is 244 g/mol. The van der Waals surface area contributed by atoms with Crippen LogP contribution in [0.1, 0.15) is 27.7 Å². The molecule has 0 radical (unpaired) electrons. The van der Waals surface area contributed by atoms with Crippen LogP contribution in [0.2, 0.25) is 0 Å². The molecule has 0 atom stereocenters. The molecule has 0 aliphatic carbocycles. The molecule has 2 rings (SSSR count). The third kappa shape index (κ3) is 2.61. The zero-order valence-corrected chi connectivity index (χ0v) is 11.6. The van der Waals surface area contributed by atoms with E-state index in [1.54, 1.807) is 11.3 Å². The molecule has 0 aliphatic rings. The van der Waals surface area contributed by atoms with E-state index in [1.807, 2.05) is 31.5 Å². The van der Waals surface area contributed by atoms with E-state index in [9.17, 15) is 0 Å². The molecule has 0 aromatic carbocycles. The minimum Gasteiger partial charge on any atom is -0.340 e. The van der Waals surface area contributed by atoms with Gasteiger partial charge >= 0.3 is 0 Å². The Balaban J connectivity index is 1.97. The summed E-state index contributed by atoms with van der Waals surface area (Å²) in [6, 6.07) is 4.13. The van der Waals surface area contributed by atoms with Crippen molar-refractivity contribution in [2.24, 2.45) is 7.05 Å². The number of hydrogen-bond acceptors (Lipinski definition) is 4. The lowest BCUT2D eigenvalue weighted by Gasteiger charge is -2.03. The number of aryl methyl sites for hydroxylation is 1. The fourth-order valence-corrected chi connectivity index (χ4v) is 2.58. The van der Waals surface area contributed by atoms with Gasteiger partial charge in [-0.15, -0.1) is 11.3 Å². The van der Waals surface area contributed by atoms with Crippen LogP contribution in [0.3, 0.4) is 0 Å². The Morgan fingerprint density at radius 3 is 2.78 bits per heavy atom. The minimum atomic E-state index is 0.703. The normalized spacial score (nSPS) is 10.6. The SMILES string of the molecule is Cc1csc(CNCc2cc(C#N)n(C)c2C)n1. The van der Waals surface area contributed by atoms with Crippen molar-refractivity contribution in [2.45, 2.75) is 26.9 Å². The maximum Gasteiger partial charge on any atom is 0.120 e. The molecule has 0 aliphatic heterocycles. The lowest BCUT2D eigenvalue weighted by molar-refractivity contribution is 0.683. The fraction of sp³-hybridized carbons (Fsp3) is 0.385. The van der Waals surface area contributed by atoms with Crippen molar-refractivity contribution < 1.29 is 0 Å². The van der Waals surface area contributed by atoms with Gasteiger partial charge in [0.1, 0.15) is 16.8 Å². The number of hydrogen-bond donors (Lipinski definition) is 1. The minimum absolute atomic E-state index is 0.703. The second-order valence-corrected chi connectivity index (χ2v) is 5.24. The summed E-state index contributed by atoms with van der Waals surface area (Å²) in [5, 5.41) is 15.5. The standard InChI is InChI=1S/C13H16N4S/c1-9-8-18-13(16-9)7-15-6-11-4-12(5-14)17(3)10(11)2/h4,8,15H,6-7H2,1-3H3. The summed E-state index contributed by atoms with van der Waals surface area (Å²) in [5.41, 5.74) is 4.07. The average Bonchev–Trinajstić information content (AvgIpc) is 2.88. The van der Waals surface area contributed by atoms with E-state index in [4.69, 9.17) is 5.26 Å². The lowest BCUT2D eigenvalue weighted by atomic mass is 10.2. The Hall–Kier alpha value is -1.64. The Kier molecular flexibility index (Phi) is 3.80. The van der Waals surface area contributed by atoms with E-state index in [0.29, 0.717) is 5.69 Å². The van der Waals surface area contributed by atoms with Gasteiger partial charge in [0.05, 0.1) is 0 Å². The summed E-state index contributed by atoms with van der Waals surface area (Å²) in [4.78, 5) is 4.40. The van der Waals surface area contributed by atoms with E-state index < -0.39 is 0 Å². The third-order valence-corrected chi connectivity index (χ3v) is 3.98. The number of rotatable bonds is 4. The molecule has 5 heteroatoms. The quantitative estimate of drug-likeness (QED) is 0.917. The second-order valence-electron chi connectivity index (χ2n) is 4.30. The molecule has 0 bridgehead atoms. The van der Waals surface area contributed by atoms with Crippen LogP contribution in [0.15, 0.2) is 11.4 Å². The summed E-state index contributed by atoms with van der Waals surface area (Å²) >= 11 is 1.67. The van der Waals surface area contributed by atoms with Crippen LogP contribution in [0, 0.1) is 25.2 Å². The van der Waals surface area contributed by atoms with Crippen LogP contribution in [0.5, 0.6) is 0 Å². The van der Waals surface area contributed by atoms with Gasteiger partial charge in [-0.05, 0) is 25.5 Å². The van der Waals surface area contributed by atoms with Gasteiger partial charge in [0.25, 0.3) is 0 Å². The molecule has 0 saturated carbocycles. The highest BCUT2D eigenvalue weighted by Crippen LogP contribution is 2.14. The van der Waals surface area contributed by atoms with E-state index in [-0.39, 0.29) is 0 Å². The van der Waals surface area contributed by atoms with Crippen LogP contribution in [-0.2, 0) is 20.1 Å². The van der Waals surface area contributed by atoms with Gasteiger partial charge < -0.3 is 9.88 Å². The summed E-state index contributed by atoms with van der Waals surface area (Å²) < 4.78 is 1.92. The predicted molar refractivity (Wildman–Crippen MR) is 72.3 cm³/mol. The van der Waals surface area contributed by atoms with Gasteiger partial charge in [0.2, 0.25) is 0 Å². The van der Waals surface area contributed by atoms with Crippen molar-refractivity contribution in [3.05, 3.63) is 39.1 Å². The molecular formula is C13H16N4S. The van der Waals surface area contributed by atoms with Crippen molar-refractivity contribution >= 4 is 11.3 Å². The van der Waals surface area contributed by atoms with Gasteiger partial charge in [-0.2, -0.15) is 5.26 Å². The monoisotopic (exact) mass is 260 g/mol. The number of aromatic nitrogens is 2. The maximum atomic E-state index is 8.96. The van der Waals surface area contributed by atoms with Crippen molar-refractivity contribution in [1.82, 2.24) is 14.9 Å². The molecule has 0 spiro atoms. The van der Waals surface area contributed by atoms with Crippen LogP contribution < -0.4 is 5.32 Å². The topological polar surface area (TPSA) is 53.6 Å². The molecule has 0 unspecified atom stereocenters. The smallest absolute Gasteiger partial charge is 0.120 e. The molecule has 2 aromatic rings. The summed E-state index contributed by atoms with van der Waals surface area (Å²) in [6.45, 7) is 5.57. The highest BCUT2D eigenvalue weighted by molar-refractivity contribution is 7.09. The van der Waals surface area contributed by atoms with E-state index in [1.165, 1.54) is 5.56 Å². The zero-order chi connectivity index (χ0) is 13.1. The van der Waals surface area contributed by atoms with Crippen molar-refractivity contribution in [2.75, 3.05) is 0 Å².